The molecule has 0 aliphatic carbocycles. The SMILES string of the molecule is COc1ccc([N+](=O)[O-])c(NC[C@H](O)CNC(=O)O)n1. The molecule has 1 aromatic heterocycles. The molecule has 4 N–H and O–H groups in total. The van der Waals surface area contributed by atoms with E-state index < -0.39 is 17.1 Å². The normalized spacial score (nSPS) is 11.5. The monoisotopic (exact) mass is 286 g/mol. The van der Waals surface area contributed by atoms with Crippen molar-refractivity contribution in [1.29, 1.82) is 0 Å². The lowest BCUT2D eigenvalue weighted by Crippen LogP contribution is -2.35. The van der Waals surface area contributed by atoms with Crippen LogP contribution in [-0.4, -0.2) is 52.5 Å². The number of ether oxygens (including phenoxy) is 1. The van der Waals surface area contributed by atoms with E-state index in [0.29, 0.717) is 0 Å². The lowest BCUT2D eigenvalue weighted by atomic mass is 10.3. The number of carbonyl (C=O) groups is 1. The molecule has 1 rings (SSSR count). The number of aliphatic hydroxyl groups is 1. The van der Waals surface area contributed by atoms with Gasteiger partial charge in [0.15, 0.2) is 0 Å². The third-order valence-electron chi connectivity index (χ3n) is 2.25. The molecule has 0 saturated carbocycles. The van der Waals surface area contributed by atoms with Gasteiger partial charge in [0.2, 0.25) is 11.7 Å². The first-order valence-corrected chi connectivity index (χ1v) is 5.52. The summed E-state index contributed by atoms with van der Waals surface area (Å²) in [5.74, 6) is 0.111. The average Bonchev–Trinajstić information content (AvgIpc) is 2.42. The highest BCUT2D eigenvalue weighted by atomic mass is 16.6. The third kappa shape index (κ3) is 4.57. The van der Waals surface area contributed by atoms with Gasteiger partial charge in [-0.25, -0.2) is 4.79 Å². The third-order valence-corrected chi connectivity index (χ3v) is 2.25. The number of pyridine rings is 1. The Morgan fingerprint density at radius 3 is 2.80 bits per heavy atom. The molecular weight excluding hydrogens is 272 g/mol. The smallest absolute Gasteiger partial charge is 0.404 e. The highest BCUT2D eigenvalue weighted by Gasteiger charge is 2.17. The summed E-state index contributed by atoms with van der Waals surface area (Å²) < 4.78 is 4.85. The Bertz CT molecular complexity index is 495. The summed E-state index contributed by atoms with van der Waals surface area (Å²) in [5.41, 5.74) is -0.274. The van der Waals surface area contributed by atoms with Crippen LogP contribution in [0.5, 0.6) is 5.88 Å². The Hall–Kier alpha value is -2.62. The number of nitrogens with one attached hydrogen (secondary N) is 2. The fraction of sp³-hybridized carbons (Fsp3) is 0.400. The van der Waals surface area contributed by atoms with Crippen molar-refractivity contribution < 1.29 is 24.7 Å². The zero-order chi connectivity index (χ0) is 15.1. The standard InChI is InChI=1S/C10H14N4O6/c1-20-8-3-2-7(14(18)19)9(13-8)11-4-6(15)5-12-10(16)17/h2-3,6,12,15H,4-5H2,1H3,(H,11,13)(H,16,17)/t6-/m0/s1. The summed E-state index contributed by atoms with van der Waals surface area (Å²) in [5, 5.41) is 33.2. The number of methoxy groups -OCH3 is 1. The fourth-order valence-electron chi connectivity index (χ4n) is 1.32. The minimum Gasteiger partial charge on any atom is -0.481 e. The molecular formula is C10H14N4O6. The Balaban J connectivity index is 2.70. The highest BCUT2D eigenvalue weighted by Crippen LogP contribution is 2.24. The van der Waals surface area contributed by atoms with Gasteiger partial charge in [0, 0.05) is 25.2 Å². The van der Waals surface area contributed by atoms with Gasteiger partial charge in [0.1, 0.15) is 0 Å². The maximum atomic E-state index is 10.8. The molecule has 110 valence electrons. The molecule has 0 bridgehead atoms. The molecule has 1 heterocycles. The van der Waals surface area contributed by atoms with Gasteiger partial charge in [-0.2, -0.15) is 4.98 Å². The van der Waals surface area contributed by atoms with Crippen LogP contribution in [0.1, 0.15) is 0 Å². The van der Waals surface area contributed by atoms with Gasteiger partial charge in [-0.05, 0) is 0 Å². The van der Waals surface area contributed by atoms with E-state index in [-0.39, 0.29) is 30.5 Å². The van der Waals surface area contributed by atoms with Gasteiger partial charge in [0.25, 0.3) is 0 Å². The Morgan fingerprint density at radius 2 is 2.25 bits per heavy atom. The quantitative estimate of drug-likeness (QED) is 0.405. The van der Waals surface area contributed by atoms with Crippen LogP contribution < -0.4 is 15.4 Å². The maximum absolute atomic E-state index is 10.8. The number of hydrogen-bond donors (Lipinski definition) is 4. The predicted octanol–water partition coefficient (Wildman–Crippen LogP) is 0.0388. The van der Waals surface area contributed by atoms with Crippen LogP contribution in [0.3, 0.4) is 0 Å². The molecule has 0 fully saturated rings. The van der Waals surface area contributed by atoms with Crippen molar-refractivity contribution in [2.45, 2.75) is 6.10 Å². The fourth-order valence-corrected chi connectivity index (χ4v) is 1.32. The zero-order valence-electron chi connectivity index (χ0n) is 10.6. The van der Waals surface area contributed by atoms with Gasteiger partial charge >= 0.3 is 11.8 Å². The number of hydrogen-bond acceptors (Lipinski definition) is 7. The number of nitrogens with zero attached hydrogens (tertiary/aromatic N) is 2. The minimum atomic E-state index is -1.27. The molecule has 0 aliphatic heterocycles. The Kier molecular flexibility index (Phi) is 5.47. The van der Waals surface area contributed by atoms with Crippen LogP contribution in [0.4, 0.5) is 16.3 Å². The highest BCUT2D eigenvalue weighted by molar-refractivity contribution is 5.64. The van der Waals surface area contributed by atoms with Crippen LogP contribution in [0.25, 0.3) is 0 Å². The second kappa shape index (κ2) is 7.09. The van der Waals surface area contributed by atoms with E-state index in [2.05, 4.69) is 10.3 Å². The van der Waals surface area contributed by atoms with Crippen molar-refractivity contribution in [1.82, 2.24) is 10.3 Å². The molecule has 0 aliphatic rings. The predicted molar refractivity (Wildman–Crippen MR) is 68.0 cm³/mol. The van der Waals surface area contributed by atoms with Crippen molar-refractivity contribution in [3.05, 3.63) is 22.2 Å². The number of aliphatic hydroxyl groups excluding tert-OH is 1. The van der Waals surface area contributed by atoms with Crippen molar-refractivity contribution in [2.75, 3.05) is 25.5 Å². The summed E-state index contributed by atoms with van der Waals surface area (Å²) in [6.07, 6.45) is -2.33. The van der Waals surface area contributed by atoms with Crippen molar-refractivity contribution in [2.24, 2.45) is 0 Å². The Labute approximate surface area is 113 Å². The molecule has 10 nitrogen and oxygen atoms in total. The van der Waals surface area contributed by atoms with Crippen LogP contribution in [0.2, 0.25) is 0 Å². The first kappa shape index (κ1) is 15.4. The van der Waals surface area contributed by atoms with Crippen LogP contribution in [-0.2, 0) is 0 Å². The second-order valence-electron chi connectivity index (χ2n) is 3.70. The molecule has 1 aromatic rings. The number of carboxylic acid groups (broad SMARTS) is 1. The first-order valence-electron chi connectivity index (χ1n) is 5.52. The molecule has 0 aromatic carbocycles. The topological polar surface area (TPSA) is 147 Å². The number of anilines is 1. The molecule has 20 heavy (non-hydrogen) atoms. The van der Waals surface area contributed by atoms with Gasteiger partial charge in [-0.3, -0.25) is 10.1 Å². The summed E-state index contributed by atoms with van der Waals surface area (Å²) in [6, 6.07) is 2.56. The molecule has 10 heteroatoms. The van der Waals surface area contributed by atoms with Crippen LogP contribution in [0.15, 0.2) is 12.1 Å². The van der Waals surface area contributed by atoms with E-state index in [0.717, 1.165) is 0 Å². The zero-order valence-corrected chi connectivity index (χ0v) is 10.6. The summed E-state index contributed by atoms with van der Waals surface area (Å²) in [6.45, 7) is -0.318. The molecule has 1 amide bonds. The van der Waals surface area contributed by atoms with Crippen molar-refractivity contribution >= 4 is 17.6 Å². The molecule has 0 saturated heterocycles. The lowest BCUT2D eigenvalue weighted by Gasteiger charge is -2.12. The van der Waals surface area contributed by atoms with E-state index >= 15 is 0 Å². The van der Waals surface area contributed by atoms with E-state index in [4.69, 9.17) is 9.84 Å². The first-order chi connectivity index (χ1) is 9.43. The number of amides is 1. The van der Waals surface area contributed by atoms with Crippen LogP contribution >= 0.6 is 0 Å². The van der Waals surface area contributed by atoms with Crippen molar-refractivity contribution in [3.63, 3.8) is 0 Å². The molecule has 0 radical (unpaired) electrons. The van der Waals surface area contributed by atoms with Gasteiger partial charge in [-0.1, -0.05) is 0 Å². The van der Waals surface area contributed by atoms with E-state index in [1.807, 2.05) is 5.32 Å². The van der Waals surface area contributed by atoms with E-state index in [1.165, 1.54) is 19.2 Å². The lowest BCUT2D eigenvalue weighted by molar-refractivity contribution is -0.384. The molecule has 1 atom stereocenters. The van der Waals surface area contributed by atoms with Crippen LogP contribution in [0, 0.1) is 10.1 Å². The summed E-state index contributed by atoms with van der Waals surface area (Å²) in [4.78, 5) is 24.3. The van der Waals surface area contributed by atoms with Gasteiger partial charge in [-0.15, -0.1) is 0 Å². The largest absolute Gasteiger partial charge is 0.481 e. The van der Waals surface area contributed by atoms with Gasteiger partial charge < -0.3 is 25.6 Å². The summed E-state index contributed by atoms with van der Waals surface area (Å²) >= 11 is 0. The number of rotatable bonds is 7. The molecule has 0 spiro atoms. The van der Waals surface area contributed by atoms with Crippen molar-refractivity contribution in [3.8, 4) is 5.88 Å². The van der Waals surface area contributed by atoms with E-state index in [1.54, 1.807) is 0 Å². The van der Waals surface area contributed by atoms with Gasteiger partial charge in [0.05, 0.1) is 18.1 Å². The van der Waals surface area contributed by atoms with E-state index in [9.17, 15) is 20.0 Å². The summed E-state index contributed by atoms with van der Waals surface area (Å²) in [7, 11) is 1.36. The number of aromatic nitrogens is 1. The minimum absolute atomic E-state index is 0.0660. The molecule has 0 unspecified atom stereocenters. The number of nitro groups is 1. The Morgan fingerprint density at radius 1 is 1.55 bits per heavy atom. The second-order valence-corrected chi connectivity index (χ2v) is 3.70. The maximum Gasteiger partial charge on any atom is 0.404 e. The average molecular weight is 286 g/mol.